The van der Waals surface area contributed by atoms with Crippen LogP contribution < -0.4 is 5.56 Å². The molecule has 72 valence electrons. The normalized spacial score (nSPS) is 10.6. The second kappa shape index (κ2) is 2.69. The number of fused-ring (bicyclic) bond motifs is 1. The van der Waals surface area contributed by atoms with Crippen molar-refractivity contribution in [3.05, 3.63) is 33.9 Å². The molecule has 0 unspecified atom stereocenters. The first-order chi connectivity index (χ1) is 6.59. The van der Waals surface area contributed by atoms with Gasteiger partial charge >= 0.3 is 5.97 Å². The molecule has 0 aliphatic carbocycles. The van der Waals surface area contributed by atoms with E-state index in [0.29, 0.717) is 0 Å². The number of aromatic nitrogens is 2. The summed E-state index contributed by atoms with van der Waals surface area (Å²) in [5.41, 5.74) is -0.771. The van der Waals surface area contributed by atoms with Crippen molar-refractivity contribution in [1.82, 2.24) is 10.2 Å². The van der Waals surface area contributed by atoms with Crippen molar-refractivity contribution in [2.45, 2.75) is 0 Å². The number of benzene rings is 1. The zero-order chi connectivity index (χ0) is 10.3. The van der Waals surface area contributed by atoms with E-state index in [-0.39, 0.29) is 16.5 Å². The lowest BCUT2D eigenvalue weighted by Crippen LogP contribution is -2.05. The van der Waals surface area contributed by atoms with Crippen LogP contribution in [0.4, 0.5) is 4.39 Å². The fraction of sp³-hybridized carbons (Fsp3) is 0. The average molecular weight is 196 g/mol. The first kappa shape index (κ1) is 8.49. The van der Waals surface area contributed by atoms with Crippen LogP contribution in [0.2, 0.25) is 0 Å². The Morgan fingerprint density at radius 1 is 1.36 bits per heavy atom. The molecule has 5 nitrogen and oxygen atoms in total. The number of H-pyrrole nitrogens is 2. The van der Waals surface area contributed by atoms with Gasteiger partial charge in [0.1, 0.15) is 5.82 Å². The zero-order valence-corrected chi connectivity index (χ0v) is 6.80. The highest BCUT2D eigenvalue weighted by Crippen LogP contribution is 2.15. The number of rotatable bonds is 1. The van der Waals surface area contributed by atoms with Crippen LogP contribution in [0.3, 0.4) is 0 Å². The molecule has 0 spiro atoms. The van der Waals surface area contributed by atoms with E-state index in [1.807, 2.05) is 0 Å². The predicted molar refractivity (Wildman–Crippen MR) is 45.8 cm³/mol. The maximum Gasteiger partial charge on any atom is 0.336 e. The van der Waals surface area contributed by atoms with Gasteiger partial charge in [0.2, 0.25) is 0 Å². The minimum absolute atomic E-state index is 0.0427. The summed E-state index contributed by atoms with van der Waals surface area (Å²) in [6.07, 6.45) is 0. The summed E-state index contributed by atoms with van der Waals surface area (Å²) in [5, 5.41) is 13.2. The molecule has 3 N–H and O–H groups in total. The van der Waals surface area contributed by atoms with Gasteiger partial charge in [0, 0.05) is 0 Å². The summed E-state index contributed by atoms with van der Waals surface area (Å²) >= 11 is 0. The molecular weight excluding hydrogens is 191 g/mol. The molecule has 0 aliphatic heterocycles. The quantitative estimate of drug-likeness (QED) is 0.627. The molecule has 2 aromatic rings. The third-order valence-corrected chi connectivity index (χ3v) is 1.87. The Kier molecular flexibility index (Phi) is 1.63. The number of hydrogen-bond donors (Lipinski definition) is 3. The molecule has 0 atom stereocenters. The average Bonchev–Trinajstić information content (AvgIpc) is 2.46. The van der Waals surface area contributed by atoms with Crippen molar-refractivity contribution in [2.24, 2.45) is 0 Å². The summed E-state index contributed by atoms with van der Waals surface area (Å²) < 4.78 is 12.9. The van der Waals surface area contributed by atoms with Crippen LogP contribution in [0.5, 0.6) is 0 Å². The van der Waals surface area contributed by atoms with E-state index >= 15 is 0 Å². The first-order valence-corrected chi connectivity index (χ1v) is 3.73. The van der Waals surface area contributed by atoms with E-state index in [1.54, 1.807) is 0 Å². The Balaban J connectivity index is 2.98. The first-order valence-electron chi connectivity index (χ1n) is 3.73. The Morgan fingerprint density at radius 3 is 2.71 bits per heavy atom. The van der Waals surface area contributed by atoms with Crippen molar-refractivity contribution < 1.29 is 14.3 Å². The van der Waals surface area contributed by atoms with Gasteiger partial charge < -0.3 is 5.11 Å². The fourth-order valence-corrected chi connectivity index (χ4v) is 1.31. The molecule has 1 heterocycles. The topological polar surface area (TPSA) is 85.9 Å². The van der Waals surface area contributed by atoms with Crippen LogP contribution in [0.25, 0.3) is 10.9 Å². The lowest BCUT2D eigenvalue weighted by atomic mass is 10.1. The van der Waals surface area contributed by atoms with Crippen molar-refractivity contribution >= 4 is 16.9 Å². The van der Waals surface area contributed by atoms with E-state index < -0.39 is 17.3 Å². The number of aromatic amines is 2. The van der Waals surface area contributed by atoms with E-state index in [1.165, 1.54) is 0 Å². The van der Waals surface area contributed by atoms with E-state index in [0.717, 1.165) is 12.1 Å². The maximum atomic E-state index is 12.9. The summed E-state index contributed by atoms with van der Waals surface area (Å²) in [4.78, 5) is 21.8. The second-order valence-electron chi connectivity index (χ2n) is 2.76. The summed E-state index contributed by atoms with van der Waals surface area (Å²) in [6.45, 7) is 0. The van der Waals surface area contributed by atoms with Crippen molar-refractivity contribution in [3.8, 4) is 0 Å². The van der Waals surface area contributed by atoms with Crippen molar-refractivity contribution in [2.75, 3.05) is 0 Å². The SMILES string of the molecule is O=C(O)c1cc(F)cc2[nH][nH]c(=O)c12. The van der Waals surface area contributed by atoms with Gasteiger partial charge in [0.15, 0.2) is 0 Å². The highest BCUT2D eigenvalue weighted by atomic mass is 19.1. The molecule has 6 heteroatoms. The number of nitrogens with one attached hydrogen (secondary N) is 2. The number of halogens is 1. The number of carbonyl (C=O) groups is 1. The molecule has 0 aliphatic rings. The largest absolute Gasteiger partial charge is 0.478 e. The van der Waals surface area contributed by atoms with Crippen LogP contribution in [0.1, 0.15) is 10.4 Å². The van der Waals surface area contributed by atoms with Gasteiger partial charge in [-0.1, -0.05) is 0 Å². The summed E-state index contributed by atoms with van der Waals surface area (Å²) in [5.74, 6) is -2.04. The molecule has 1 aromatic heterocycles. The molecule has 1 aromatic carbocycles. The monoisotopic (exact) mass is 196 g/mol. The van der Waals surface area contributed by atoms with Crippen LogP contribution in [0, 0.1) is 5.82 Å². The smallest absolute Gasteiger partial charge is 0.336 e. The Bertz CT molecular complexity index is 569. The fourth-order valence-electron chi connectivity index (χ4n) is 1.31. The third-order valence-electron chi connectivity index (χ3n) is 1.87. The molecule has 0 saturated carbocycles. The molecule has 2 rings (SSSR count). The number of aromatic carboxylic acids is 1. The molecule has 14 heavy (non-hydrogen) atoms. The van der Waals surface area contributed by atoms with Gasteiger partial charge in [-0.15, -0.1) is 0 Å². The van der Waals surface area contributed by atoms with Crippen LogP contribution >= 0.6 is 0 Å². The van der Waals surface area contributed by atoms with E-state index in [4.69, 9.17) is 5.11 Å². The Hall–Kier alpha value is -2.11. The van der Waals surface area contributed by atoms with Gasteiger partial charge in [-0.25, -0.2) is 9.18 Å². The van der Waals surface area contributed by atoms with Crippen LogP contribution in [-0.4, -0.2) is 21.3 Å². The predicted octanol–water partition coefficient (Wildman–Crippen LogP) is 0.694. The van der Waals surface area contributed by atoms with Gasteiger partial charge in [0.05, 0.1) is 16.5 Å². The molecule has 0 saturated heterocycles. The maximum absolute atomic E-state index is 12.9. The number of carboxylic acids is 1. The van der Waals surface area contributed by atoms with Crippen molar-refractivity contribution in [3.63, 3.8) is 0 Å². The van der Waals surface area contributed by atoms with Gasteiger partial charge in [-0.3, -0.25) is 15.0 Å². The van der Waals surface area contributed by atoms with Crippen LogP contribution in [-0.2, 0) is 0 Å². The summed E-state index contributed by atoms with van der Waals surface area (Å²) in [7, 11) is 0. The molecule has 0 radical (unpaired) electrons. The molecule has 0 amide bonds. The van der Waals surface area contributed by atoms with Gasteiger partial charge in [-0.2, -0.15) is 0 Å². The zero-order valence-electron chi connectivity index (χ0n) is 6.80. The van der Waals surface area contributed by atoms with E-state index in [9.17, 15) is 14.0 Å². The Morgan fingerprint density at radius 2 is 2.07 bits per heavy atom. The highest BCUT2D eigenvalue weighted by molar-refractivity contribution is 6.02. The molecule has 0 fully saturated rings. The highest BCUT2D eigenvalue weighted by Gasteiger charge is 2.14. The summed E-state index contributed by atoms with van der Waals surface area (Å²) in [6, 6.07) is 1.87. The number of hydrogen-bond acceptors (Lipinski definition) is 2. The number of carboxylic acid groups (broad SMARTS) is 1. The van der Waals surface area contributed by atoms with E-state index in [2.05, 4.69) is 10.2 Å². The second-order valence-corrected chi connectivity index (χ2v) is 2.76. The Labute approximate surface area is 76.2 Å². The minimum Gasteiger partial charge on any atom is -0.478 e. The lowest BCUT2D eigenvalue weighted by molar-refractivity contribution is 0.0698. The molecule has 0 bridgehead atoms. The van der Waals surface area contributed by atoms with Crippen molar-refractivity contribution in [1.29, 1.82) is 0 Å². The van der Waals surface area contributed by atoms with Crippen LogP contribution in [0.15, 0.2) is 16.9 Å². The standard InChI is InChI=1S/C8H5FN2O3/c9-3-1-4(8(13)14)6-5(2-3)10-11-7(6)12/h1-2H,(H,13,14)(H2,10,11,12). The lowest BCUT2D eigenvalue weighted by Gasteiger charge is -1.95. The third kappa shape index (κ3) is 1.08. The van der Waals surface area contributed by atoms with Gasteiger partial charge in [0.25, 0.3) is 5.56 Å². The molecular formula is C8H5FN2O3. The minimum atomic E-state index is -1.33. The van der Waals surface area contributed by atoms with Gasteiger partial charge in [-0.05, 0) is 12.1 Å².